The lowest BCUT2D eigenvalue weighted by Gasteiger charge is -2.34. The SMILES string of the molecule is Cc1ccc(-c2cc(-c3nnc(SCC(=O)N4C[C@H](C)C[C@H](C)C4)n3N)c3ccccc3n2)cc1. The number of fused-ring (bicyclic) bond motifs is 1. The summed E-state index contributed by atoms with van der Waals surface area (Å²) >= 11 is 1.33. The molecule has 5 rings (SSSR count). The monoisotopic (exact) mass is 486 g/mol. The Bertz CT molecular complexity index is 1360. The van der Waals surface area contributed by atoms with Crippen molar-refractivity contribution in [2.24, 2.45) is 11.8 Å². The van der Waals surface area contributed by atoms with Crippen LogP contribution in [0.1, 0.15) is 25.8 Å². The number of aromatic nitrogens is 4. The number of hydrogen-bond acceptors (Lipinski definition) is 6. The normalized spacial score (nSPS) is 18.2. The molecule has 1 aliphatic heterocycles. The number of pyridine rings is 1. The number of likely N-dealkylation sites (tertiary alicyclic amines) is 1. The van der Waals surface area contributed by atoms with Crippen molar-refractivity contribution in [2.75, 3.05) is 24.7 Å². The molecule has 0 aliphatic carbocycles. The number of carbonyl (C=O) groups is 1. The molecule has 0 bridgehead atoms. The van der Waals surface area contributed by atoms with E-state index in [1.54, 1.807) is 0 Å². The molecule has 4 aromatic rings. The quantitative estimate of drug-likeness (QED) is 0.323. The Labute approximate surface area is 209 Å². The van der Waals surface area contributed by atoms with Gasteiger partial charge >= 0.3 is 0 Å². The second-order valence-electron chi connectivity index (χ2n) is 9.65. The molecule has 0 spiro atoms. The fourth-order valence-electron chi connectivity index (χ4n) is 4.88. The van der Waals surface area contributed by atoms with Gasteiger partial charge in [-0.05, 0) is 37.3 Å². The highest BCUT2D eigenvalue weighted by molar-refractivity contribution is 7.99. The summed E-state index contributed by atoms with van der Waals surface area (Å²) in [4.78, 5) is 19.7. The summed E-state index contributed by atoms with van der Waals surface area (Å²) in [6, 6.07) is 18.3. The van der Waals surface area contributed by atoms with Crippen LogP contribution in [-0.4, -0.2) is 49.5 Å². The molecule has 180 valence electrons. The molecule has 1 amide bonds. The van der Waals surface area contributed by atoms with Crippen LogP contribution in [-0.2, 0) is 4.79 Å². The summed E-state index contributed by atoms with van der Waals surface area (Å²) in [7, 11) is 0. The maximum absolute atomic E-state index is 12.8. The lowest BCUT2D eigenvalue weighted by molar-refractivity contribution is -0.130. The van der Waals surface area contributed by atoms with Crippen LogP contribution in [0.15, 0.2) is 59.8 Å². The zero-order valence-electron chi connectivity index (χ0n) is 20.3. The number of hydrogen-bond donors (Lipinski definition) is 1. The highest BCUT2D eigenvalue weighted by Crippen LogP contribution is 2.32. The van der Waals surface area contributed by atoms with E-state index >= 15 is 0 Å². The lowest BCUT2D eigenvalue weighted by Crippen LogP contribution is -2.43. The third kappa shape index (κ3) is 4.89. The highest BCUT2D eigenvalue weighted by Gasteiger charge is 2.26. The Morgan fingerprint density at radius 3 is 2.51 bits per heavy atom. The van der Waals surface area contributed by atoms with E-state index in [-0.39, 0.29) is 5.91 Å². The summed E-state index contributed by atoms with van der Waals surface area (Å²) in [6.07, 6.45) is 1.17. The second-order valence-corrected chi connectivity index (χ2v) is 10.6. The number of thioether (sulfide) groups is 1. The molecule has 2 aromatic heterocycles. The van der Waals surface area contributed by atoms with Gasteiger partial charge in [0.05, 0.1) is 17.0 Å². The third-order valence-corrected chi connectivity index (χ3v) is 7.44. The van der Waals surface area contributed by atoms with Gasteiger partial charge in [0, 0.05) is 29.6 Å². The number of rotatable bonds is 5. The van der Waals surface area contributed by atoms with Gasteiger partial charge in [-0.25, -0.2) is 9.66 Å². The Morgan fingerprint density at radius 2 is 1.77 bits per heavy atom. The van der Waals surface area contributed by atoms with E-state index in [9.17, 15) is 4.79 Å². The molecular formula is C27H30N6OS. The molecule has 2 atom stereocenters. The second kappa shape index (κ2) is 9.70. The number of benzene rings is 2. The van der Waals surface area contributed by atoms with E-state index < -0.39 is 0 Å². The van der Waals surface area contributed by atoms with Crippen molar-refractivity contribution < 1.29 is 4.79 Å². The van der Waals surface area contributed by atoms with Crippen LogP contribution in [0.5, 0.6) is 0 Å². The maximum Gasteiger partial charge on any atom is 0.233 e. The number of para-hydroxylation sites is 1. The van der Waals surface area contributed by atoms with Crippen LogP contribution in [0.25, 0.3) is 33.5 Å². The summed E-state index contributed by atoms with van der Waals surface area (Å²) < 4.78 is 1.49. The Balaban J connectivity index is 1.43. The summed E-state index contributed by atoms with van der Waals surface area (Å²) in [5, 5.41) is 10.2. The third-order valence-electron chi connectivity index (χ3n) is 6.52. The zero-order chi connectivity index (χ0) is 24.5. The average molecular weight is 487 g/mol. The van der Waals surface area contributed by atoms with E-state index in [0.717, 1.165) is 40.8 Å². The predicted molar refractivity (Wildman–Crippen MR) is 141 cm³/mol. The van der Waals surface area contributed by atoms with E-state index in [2.05, 4.69) is 55.2 Å². The first kappa shape index (κ1) is 23.4. The van der Waals surface area contributed by atoms with Crippen LogP contribution in [0.3, 0.4) is 0 Å². The summed E-state index contributed by atoms with van der Waals surface area (Å²) in [6.45, 7) is 8.10. The van der Waals surface area contributed by atoms with Crippen molar-refractivity contribution in [3.8, 4) is 22.6 Å². The Hall–Kier alpha value is -3.39. The van der Waals surface area contributed by atoms with E-state index in [4.69, 9.17) is 10.8 Å². The molecule has 8 heteroatoms. The minimum atomic E-state index is 0.119. The zero-order valence-corrected chi connectivity index (χ0v) is 21.1. The van der Waals surface area contributed by atoms with Gasteiger partial charge in [-0.3, -0.25) is 4.79 Å². The number of nitrogen functional groups attached to an aromatic ring is 1. The van der Waals surface area contributed by atoms with Crippen LogP contribution < -0.4 is 5.84 Å². The van der Waals surface area contributed by atoms with Crippen molar-refractivity contribution in [2.45, 2.75) is 32.3 Å². The van der Waals surface area contributed by atoms with Crippen molar-refractivity contribution >= 4 is 28.6 Å². The molecule has 1 saturated heterocycles. The minimum Gasteiger partial charge on any atom is -0.341 e. The van der Waals surface area contributed by atoms with E-state index in [1.165, 1.54) is 28.4 Å². The van der Waals surface area contributed by atoms with Gasteiger partial charge in [0.25, 0.3) is 0 Å². The summed E-state index contributed by atoms with van der Waals surface area (Å²) in [5.74, 6) is 8.48. The standard InChI is InChI=1S/C27H30N6OS/c1-17-8-10-20(11-9-17)24-13-22(21-6-4-5-7-23(21)29-24)26-30-31-27(33(26)28)35-16-25(34)32-14-18(2)12-19(3)15-32/h4-11,13,18-19H,12,14-16,28H2,1-3H3/t18-,19+. The fourth-order valence-corrected chi connectivity index (χ4v) is 5.64. The lowest BCUT2D eigenvalue weighted by atomic mass is 9.92. The van der Waals surface area contributed by atoms with E-state index in [1.807, 2.05) is 35.2 Å². The van der Waals surface area contributed by atoms with E-state index in [0.29, 0.717) is 28.6 Å². The molecule has 35 heavy (non-hydrogen) atoms. The molecule has 3 heterocycles. The van der Waals surface area contributed by atoms with Crippen molar-refractivity contribution in [3.05, 3.63) is 60.2 Å². The molecule has 1 aliphatic rings. The Morgan fingerprint density at radius 1 is 1.06 bits per heavy atom. The van der Waals surface area contributed by atoms with Crippen LogP contribution >= 0.6 is 11.8 Å². The topological polar surface area (TPSA) is 89.9 Å². The van der Waals surface area contributed by atoms with Gasteiger partial charge in [0.15, 0.2) is 5.82 Å². The number of amides is 1. The highest BCUT2D eigenvalue weighted by atomic mass is 32.2. The van der Waals surface area contributed by atoms with Crippen molar-refractivity contribution in [3.63, 3.8) is 0 Å². The number of nitrogens with zero attached hydrogens (tertiary/aromatic N) is 5. The summed E-state index contributed by atoms with van der Waals surface area (Å²) in [5.41, 5.74) is 4.79. The fraction of sp³-hybridized carbons (Fsp3) is 0.333. The minimum absolute atomic E-state index is 0.119. The first-order valence-electron chi connectivity index (χ1n) is 12.0. The van der Waals surface area contributed by atoms with Gasteiger partial charge in [0.2, 0.25) is 11.1 Å². The molecule has 1 fully saturated rings. The Kier molecular flexibility index (Phi) is 6.47. The van der Waals surface area contributed by atoms with Crippen molar-refractivity contribution in [1.82, 2.24) is 24.8 Å². The number of nitrogens with two attached hydrogens (primary N) is 1. The largest absolute Gasteiger partial charge is 0.341 e. The van der Waals surface area contributed by atoms with Crippen LogP contribution in [0.2, 0.25) is 0 Å². The molecule has 0 radical (unpaired) electrons. The molecular weight excluding hydrogens is 456 g/mol. The average Bonchev–Trinajstić information content (AvgIpc) is 3.21. The van der Waals surface area contributed by atoms with Crippen LogP contribution in [0.4, 0.5) is 0 Å². The van der Waals surface area contributed by atoms with Crippen LogP contribution in [0, 0.1) is 18.8 Å². The number of aryl methyl sites for hydroxylation is 1. The number of piperidine rings is 1. The molecule has 0 saturated carbocycles. The van der Waals surface area contributed by atoms with Gasteiger partial charge in [-0.2, -0.15) is 0 Å². The first-order valence-corrected chi connectivity index (χ1v) is 13.0. The molecule has 0 unspecified atom stereocenters. The molecule has 7 nitrogen and oxygen atoms in total. The molecule has 2 N–H and O–H groups in total. The molecule has 2 aromatic carbocycles. The predicted octanol–water partition coefficient (Wildman–Crippen LogP) is 4.78. The van der Waals surface area contributed by atoms with Gasteiger partial charge in [0.1, 0.15) is 0 Å². The van der Waals surface area contributed by atoms with Gasteiger partial charge in [-0.15, -0.1) is 10.2 Å². The smallest absolute Gasteiger partial charge is 0.233 e. The van der Waals surface area contributed by atoms with Gasteiger partial charge < -0.3 is 10.7 Å². The van der Waals surface area contributed by atoms with Crippen molar-refractivity contribution in [1.29, 1.82) is 0 Å². The first-order chi connectivity index (χ1) is 16.9. The van der Waals surface area contributed by atoms with Gasteiger partial charge in [-0.1, -0.05) is 73.6 Å². The maximum atomic E-state index is 12.8. The number of carbonyl (C=O) groups excluding carboxylic acids is 1.